The third-order valence-corrected chi connectivity index (χ3v) is 4.03. The molecule has 0 unspecified atom stereocenters. The van der Waals surface area contributed by atoms with Crippen LogP contribution in [0, 0.1) is 9.39 Å². The highest BCUT2D eigenvalue weighted by atomic mass is 127. The van der Waals surface area contributed by atoms with Gasteiger partial charge in [-0.1, -0.05) is 11.6 Å². The average molecular weight is 441 g/mol. The summed E-state index contributed by atoms with van der Waals surface area (Å²) < 4.78 is 14.7. The molecule has 0 radical (unpaired) electrons. The minimum Gasteiger partial charge on any atom is -0.397 e. The summed E-state index contributed by atoms with van der Waals surface area (Å²) in [5, 5.41) is 3.74. The van der Waals surface area contributed by atoms with Crippen LogP contribution < -0.4 is 11.1 Å². The lowest BCUT2D eigenvalue weighted by molar-refractivity contribution is 0.622. The maximum Gasteiger partial charge on any atom is 0.139 e. The highest BCUT2D eigenvalue weighted by Crippen LogP contribution is 2.31. The zero-order valence-electron chi connectivity index (χ0n) is 8.98. The Balaban J connectivity index is 2.37. The number of nitrogens with one attached hydrogen (secondary N) is 1. The molecule has 0 saturated carbocycles. The Hall–Kier alpha value is -0.530. The van der Waals surface area contributed by atoms with Crippen molar-refractivity contribution in [3.05, 3.63) is 49.2 Å². The van der Waals surface area contributed by atoms with E-state index in [1.807, 2.05) is 12.1 Å². The van der Waals surface area contributed by atoms with Gasteiger partial charge in [-0.15, -0.1) is 0 Å². The van der Waals surface area contributed by atoms with Crippen molar-refractivity contribution in [2.45, 2.75) is 0 Å². The molecule has 0 spiro atoms. The zero-order chi connectivity index (χ0) is 13.3. The lowest BCUT2D eigenvalue weighted by Crippen LogP contribution is -1.99. The van der Waals surface area contributed by atoms with Gasteiger partial charge in [-0.3, -0.25) is 0 Å². The highest BCUT2D eigenvalue weighted by Gasteiger charge is 2.08. The summed E-state index contributed by atoms with van der Waals surface area (Å²) in [4.78, 5) is 0. The van der Waals surface area contributed by atoms with Gasteiger partial charge in [0, 0.05) is 14.7 Å². The minimum atomic E-state index is -0.365. The van der Waals surface area contributed by atoms with Crippen molar-refractivity contribution in [3.8, 4) is 0 Å². The van der Waals surface area contributed by atoms with Gasteiger partial charge in [-0.25, -0.2) is 4.39 Å². The van der Waals surface area contributed by atoms with Crippen LogP contribution >= 0.6 is 50.1 Å². The van der Waals surface area contributed by atoms with Gasteiger partial charge >= 0.3 is 0 Å². The van der Waals surface area contributed by atoms with Gasteiger partial charge in [0.05, 0.1) is 21.5 Å². The number of hydrogen-bond donors (Lipinski definition) is 2. The van der Waals surface area contributed by atoms with E-state index in [1.54, 1.807) is 6.07 Å². The number of nitrogens with two attached hydrogens (primary N) is 1. The summed E-state index contributed by atoms with van der Waals surface area (Å²) in [6.45, 7) is 0. The first-order valence-corrected chi connectivity index (χ1v) is 7.19. The second kappa shape index (κ2) is 5.63. The average Bonchev–Trinajstić information content (AvgIpc) is 2.29. The molecule has 0 aliphatic heterocycles. The Kier molecular flexibility index (Phi) is 4.34. The van der Waals surface area contributed by atoms with Gasteiger partial charge in [0.25, 0.3) is 0 Å². The molecule has 94 valence electrons. The Bertz CT molecular complexity index is 607. The molecule has 6 heteroatoms. The summed E-state index contributed by atoms with van der Waals surface area (Å²) >= 11 is 11.1. The van der Waals surface area contributed by atoms with E-state index in [9.17, 15) is 4.39 Å². The molecule has 2 nitrogen and oxygen atoms in total. The topological polar surface area (TPSA) is 38.0 Å². The Labute approximate surface area is 131 Å². The van der Waals surface area contributed by atoms with E-state index in [4.69, 9.17) is 17.3 Å². The standard InChI is InChI=1S/C12H8BrClFIN2/c13-7-4-10(17)12(5-8(7)15)18-11-2-1-6(14)3-9(11)16/h1-5,18H,17H2. The zero-order valence-corrected chi connectivity index (χ0v) is 13.5. The molecule has 0 atom stereocenters. The van der Waals surface area contributed by atoms with Crippen molar-refractivity contribution in [3.63, 3.8) is 0 Å². The highest BCUT2D eigenvalue weighted by molar-refractivity contribution is 14.1. The molecule has 0 fully saturated rings. The van der Waals surface area contributed by atoms with Crippen molar-refractivity contribution < 1.29 is 4.39 Å². The van der Waals surface area contributed by atoms with Gasteiger partial charge in [0.15, 0.2) is 0 Å². The molecule has 3 N–H and O–H groups in total. The summed E-state index contributed by atoms with van der Waals surface area (Å²) in [6, 6.07) is 8.28. The van der Waals surface area contributed by atoms with Crippen LogP contribution in [0.1, 0.15) is 0 Å². The van der Waals surface area contributed by atoms with E-state index >= 15 is 0 Å². The van der Waals surface area contributed by atoms with Crippen LogP contribution in [0.5, 0.6) is 0 Å². The maximum atomic E-state index is 13.5. The summed E-state index contributed by atoms with van der Waals surface area (Å²) in [5.41, 5.74) is 7.65. The lowest BCUT2D eigenvalue weighted by Gasteiger charge is -2.12. The number of rotatable bonds is 2. The number of hydrogen-bond acceptors (Lipinski definition) is 2. The van der Waals surface area contributed by atoms with Gasteiger partial charge in [0.1, 0.15) is 5.82 Å². The quantitative estimate of drug-likeness (QED) is 0.498. The van der Waals surface area contributed by atoms with Gasteiger partial charge in [-0.2, -0.15) is 0 Å². The van der Waals surface area contributed by atoms with Gasteiger partial charge in [0.2, 0.25) is 0 Å². The molecular formula is C12H8BrClFIN2. The molecule has 0 bridgehead atoms. The first kappa shape index (κ1) is 13.9. The van der Waals surface area contributed by atoms with E-state index in [0.29, 0.717) is 20.9 Å². The van der Waals surface area contributed by atoms with Crippen molar-refractivity contribution in [2.75, 3.05) is 11.1 Å². The fourth-order valence-corrected chi connectivity index (χ4v) is 2.77. The molecule has 0 saturated heterocycles. The van der Waals surface area contributed by atoms with Crippen molar-refractivity contribution >= 4 is 67.2 Å². The van der Waals surface area contributed by atoms with Crippen LogP contribution in [0.25, 0.3) is 0 Å². The number of anilines is 3. The Morgan fingerprint density at radius 2 is 1.94 bits per heavy atom. The predicted molar refractivity (Wildman–Crippen MR) is 86.0 cm³/mol. The number of halogens is 4. The second-order valence-corrected chi connectivity index (χ2v) is 6.06. The van der Waals surface area contributed by atoms with E-state index in [-0.39, 0.29) is 5.82 Å². The third kappa shape index (κ3) is 3.07. The molecular weight excluding hydrogens is 433 g/mol. The smallest absolute Gasteiger partial charge is 0.139 e. The molecule has 0 amide bonds. The van der Waals surface area contributed by atoms with Crippen LogP contribution in [0.15, 0.2) is 34.8 Å². The second-order valence-electron chi connectivity index (χ2n) is 3.60. The largest absolute Gasteiger partial charge is 0.397 e. The summed E-state index contributed by atoms with van der Waals surface area (Å²) in [5.74, 6) is -0.365. The number of benzene rings is 2. The van der Waals surface area contributed by atoms with Gasteiger partial charge in [-0.05, 0) is 62.8 Å². The van der Waals surface area contributed by atoms with E-state index in [1.165, 1.54) is 12.1 Å². The van der Waals surface area contributed by atoms with Crippen LogP contribution in [-0.2, 0) is 0 Å². The normalized spacial score (nSPS) is 10.4. The van der Waals surface area contributed by atoms with Crippen LogP contribution in [0.2, 0.25) is 5.02 Å². The SMILES string of the molecule is Nc1cc(Br)c(F)cc1Nc1ccc(Cl)cc1I. The van der Waals surface area contributed by atoms with Gasteiger partial charge < -0.3 is 11.1 Å². The minimum absolute atomic E-state index is 0.344. The first-order chi connectivity index (χ1) is 8.47. The van der Waals surface area contributed by atoms with Crippen molar-refractivity contribution in [1.82, 2.24) is 0 Å². The molecule has 18 heavy (non-hydrogen) atoms. The molecule has 2 rings (SSSR count). The van der Waals surface area contributed by atoms with Crippen LogP contribution in [0.4, 0.5) is 21.5 Å². The maximum absolute atomic E-state index is 13.5. The molecule has 0 heterocycles. The first-order valence-electron chi connectivity index (χ1n) is 4.94. The van der Waals surface area contributed by atoms with E-state index in [0.717, 1.165) is 9.26 Å². The lowest BCUT2D eigenvalue weighted by atomic mass is 10.2. The summed E-state index contributed by atoms with van der Waals surface area (Å²) in [7, 11) is 0. The predicted octanol–water partition coefficient (Wildman–Crippen LogP) is 5.17. The molecule has 0 aromatic heterocycles. The van der Waals surface area contributed by atoms with Crippen molar-refractivity contribution in [1.29, 1.82) is 0 Å². The molecule has 2 aromatic carbocycles. The fourth-order valence-electron chi connectivity index (χ4n) is 1.41. The fraction of sp³-hybridized carbons (Fsp3) is 0. The molecule has 2 aromatic rings. The van der Waals surface area contributed by atoms with Crippen LogP contribution in [0.3, 0.4) is 0 Å². The van der Waals surface area contributed by atoms with E-state index < -0.39 is 0 Å². The summed E-state index contributed by atoms with van der Waals surface area (Å²) in [6.07, 6.45) is 0. The molecule has 0 aliphatic carbocycles. The third-order valence-electron chi connectivity index (χ3n) is 2.29. The Morgan fingerprint density at radius 1 is 1.22 bits per heavy atom. The van der Waals surface area contributed by atoms with Crippen LogP contribution in [-0.4, -0.2) is 0 Å². The van der Waals surface area contributed by atoms with E-state index in [2.05, 4.69) is 43.8 Å². The monoisotopic (exact) mass is 440 g/mol. The molecule has 0 aliphatic rings. The van der Waals surface area contributed by atoms with Crippen molar-refractivity contribution in [2.24, 2.45) is 0 Å². The number of nitrogen functional groups attached to an aromatic ring is 1. The Morgan fingerprint density at radius 3 is 2.61 bits per heavy atom.